The highest BCUT2D eigenvalue weighted by atomic mass is 35.5. The summed E-state index contributed by atoms with van der Waals surface area (Å²) in [6.07, 6.45) is -3.68. The number of carbonyl (C=O) groups is 1. The Balaban J connectivity index is 1.86. The Morgan fingerprint density at radius 1 is 1.23 bits per heavy atom. The number of alkyl halides is 3. The Kier molecular flexibility index (Phi) is 6.33. The van der Waals surface area contributed by atoms with E-state index < -0.39 is 17.0 Å². The van der Waals surface area contributed by atoms with E-state index in [0.717, 1.165) is 45.2 Å². The van der Waals surface area contributed by atoms with Gasteiger partial charge in [-0.1, -0.05) is 55.4 Å². The third-order valence-corrected chi connectivity index (χ3v) is 5.92. The van der Waals surface area contributed by atoms with Crippen LogP contribution < -0.4 is 5.32 Å². The van der Waals surface area contributed by atoms with Crippen molar-refractivity contribution >= 4 is 40.6 Å². The summed E-state index contributed by atoms with van der Waals surface area (Å²) in [4.78, 5) is 12.8. The van der Waals surface area contributed by atoms with Crippen molar-refractivity contribution < 1.29 is 18.0 Å². The van der Waals surface area contributed by atoms with Crippen LogP contribution in [0.1, 0.15) is 43.4 Å². The van der Waals surface area contributed by atoms with Gasteiger partial charge in [-0.25, -0.2) is 0 Å². The Morgan fingerprint density at radius 2 is 1.93 bits per heavy atom. The molecular weight excluding hydrogens is 437 g/mol. The van der Waals surface area contributed by atoms with Crippen LogP contribution in [0.2, 0.25) is 5.02 Å². The number of amides is 1. The number of aryl methyl sites for hydroxylation is 1. The fraction of sp³-hybridized carbons (Fsp3) is 0.350. The third kappa shape index (κ3) is 4.57. The lowest BCUT2D eigenvalue weighted by atomic mass is 9.98. The summed E-state index contributed by atoms with van der Waals surface area (Å²) in [5.41, 5.74) is 1.87. The maximum Gasteiger partial charge on any atom is 0.417 e. The quantitative estimate of drug-likeness (QED) is 0.482. The number of fused-ring (bicyclic) bond motifs is 1. The second-order valence-electron chi connectivity index (χ2n) is 7.19. The van der Waals surface area contributed by atoms with Crippen molar-refractivity contribution in [3.63, 3.8) is 0 Å². The van der Waals surface area contributed by atoms with Crippen LogP contribution in [-0.4, -0.2) is 25.8 Å². The number of hydrogen-bond donors (Lipinski definition) is 1. The summed E-state index contributed by atoms with van der Waals surface area (Å²) in [6, 6.07) is 6.61. The van der Waals surface area contributed by atoms with E-state index >= 15 is 0 Å². The number of carbonyl (C=O) groups excluding carboxylic acids is 1. The van der Waals surface area contributed by atoms with Crippen LogP contribution in [0.5, 0.6) is 0 Å². The van der Waals surface area contributed by atoms with Crippen LogP contribution in [0.15, 0.2) is 35.6 Å². The summed E-state index contributed by atoms with van der Waals surface area (Å²) in [5, 5.41) is 10.1. The normalized spacial score (nSPS) is 13.1. The number of nitrogens with one attached hydrogen (secondary N) is 1. The SMILES string of the molecule is Cc1cccc(C(C)C)c1NC(=O)C(C)Sc1nnc2c(Cl)cc(C(F)(F)F)cn12. The molecule has 160 valence electrons. The lowest BCUT2D eigenvalue weighted by molar-refractivity contribution is -0.137. The standard InChI is InChI=1S/C20H20ClF3N4OS/c1-10(2)14-7-5-6-11(3)16(14)25-18(29)12(4)30-19-27-26-17-15(21)8-13(9-28(17)19)20(22,23)24/h5-10,12H,1-4H3,(H,25,29). The fourth-order valence-corrected chi connectivity index (χ4v) is 4.02. The zero-order valence-electron chi connectivity index (χ0n) is 16.7. The molecule has 0 fully saturated rings. The van der Waals surface area contributed by atoms with Gasteiger partial charge in [0.25, 0.3) is 0 Å². The van der Waals surface area contributed by atoms with Gasteiger partial charge in [-0.2, -0.15) is 13.2 Å². The van der Waals surface area contributed by atoms with E-state index in [-0.39, 0.29) is 27.7 Å². The third-order valence-electron chi connectivity index (χ3n) is 4.58. The molecule has 0 aliphatic heterocycles. The second kappa shape index (κ2) is 8.47. The number of nitrogens with zero attached hydrogens (tertiary/aromatic N) is 3. The summed E-state index contributed by atoms with van der Waals surface area (Å²) in [6.45, 7) is 7.63. The van der Waals surface area contributed by atoms with Crippen molar-refractivity contribution in [2.75, 3.05) is 5.32 Å². The number of benzene rings is 1. The van der Waals surface area contributed by atoms with E-state index in [2.05, 4.69) is 15.5 Å². The summed E-state index contributed by atoms with van der Waals surface area (Å²) in [5.74, 6) is -0.0717. The second-order valence-corrected chi connectivity index (χ2v) is 8.91. The minimum atomic E-state index is -4.56. The Morgan fingerprint density at radius 3 is 2.57 bits per heavy atom. The zero-order chi connectivity index (χ0) is 22.2. The fourth-order valence-electron chi connectivity index (χ4n) is 2.95. The maximum atomic E-state index is 13.1. The first-order valence-corrected chi connectivity index (χ1v) is 10.4. The van der Waals surface area contributed by atoms with Gasteiger partial charge in [0.15, 0.2) is 10.8 Å². The van der Waals surface area contributed by atoms with Crippen LogP contribution in [0, 0.1) is 6.92 Å². The molecule has 1 amide bonds. The molecular formula is C20H20ClF3N4OS. The molecule has 2 heterocycles. The van der Waals surface area contributed by atoms with Crippen molar-refractivity contribution in [2.24, 2.45) is 0 Å². The molecule has 1 N–H and O–H groups in total. The highest BCUT2D eigenvalue weighted by Gasteiger charge is 2.32. The molecule has 30 heavy (non-hydrogen) atoms. The molecule has 0 spiro atoms. The predicted octanol–water partition coefficient (Wildman–Crippen LogP) is 5.95. The van der Waals surface area contributed by atoms with Crippen LogP contribution in [0.25, 0.3) is 5.65 Å². The molecule has 0 saturated carbocycles. The van der Waals surface area contributed by atoms with Gasteiger partial charge in [-0.15, -0.1) is 10.2 Å². The summed E-state index contributed by atoms with van der Waals surface area (Å²) in [7, 11) is 0. The molecule has 0 aliphatic carbocycles. The van der Waals surface area contributed by atoms with E-state index in [0.29, 0.717) is 0 Å². The molecule has 1 atom stereocenters. The van der Waals surface area contributed by atoms with E-state index in [1.165, 1.54) is 0 Å². The molecule has 3 aromatic rings. The number of pyridine rings is 1. The predicted molar refractivity (Wildman–Crippen MR) is 112 cm³/mol. The van der Waals surface area contributed by atoms with Gasteiger partial charge >= 0.3 is 6.18 Å². The first-order valence-electron chi connectivity index (χ1n) is 9.17. The molecule has 3 rings (SSSR count). The van der Waals surface area contributed by atoms with Gasteiger partial charge in [0, 0.05) is 11.9 Å². The molecule has 0 bridgehead atoms. The number of thioether (sulfide) groups is 1. The van der Waals surface area contributed by atoms with E-state index in [1.807, 2.05) is 39.0 Å². The monoisotopic (exact) mass is 456 g/mol. The van der Waals surface area contributed by atoms with Crippen molar-refractivity contribution in [2.45, 2.75) is 50.2 Å². The molecule has 1 unspecified atom stereocenters. The number of rotatable bonds is 5. The number of halogens is 4. The summed E-state index contributed by atoms with van der Waals surface area (Å²) >= 11 is 6.95. The molecule has 5 nitrogen and oxygen atoms in total. The molecule has 10 heteroatoms. The maximum absolute atomic E-state index is 13.1. The highest BCUT2D eigenvalue weighted by molar-refractivity contribution is 8.00. The van der Waals surface area contributed by atoms with Gasteiger partial charge in [-0.05, 0) is 37.0 Å². The average molecular weight is 457 g/mol. The van der Waals surface area contributed by atoms with Crippen molar-refractivity contribution in [1.29, 1.82) is 0 Å². The van der Waals surface area contributed by atoms with Crippen molar-refractivity contribution in [1.82, 2.24) is 14.6 Å². The molecule has 0 aliphatic rings. The Hall–Kier alpha value is -2.26. The minimum absolute atomic E-state index is 0.0979. The zero-order valence-corrected chi connectivity index (χ0v) is 18.3. The summed E-state index contributed by atoms with van der Waals surface area (Å²) < 4.78 is 40.5. The largest absolute Gasteiger partial charge is 0.417 e. The number of hydrogen-bond acceptors (Lipinski definition) is 4. The first kappa shape index (κ1) is 22.4. The highest BCUT2D eigenvalue weighted by Crippen LogP contribution is 2.34. The lowest BCUT2D eigenvalue weighted by Gasteiger charge is -2.18. The van der Waals surface area contributed by atoms with Gasteiger partial charge in [0.05, 0.1) is 15.8 Å². The Labute approximate surface area is 181 Å². The smallest absolute Gasteiger partial charge is 0.325 e. The molecule has 0 saturated heterocycles. The number of aromatic nitrogens is 3. The van der Waals surface area contributed by atoms with Crippen LogP contribution >= 0.6 is 23.4 Å². The topological polar surface area (TPSA) is 59.3 Å². The van der Waals surface area contributed by atoms with Crippen LogP contribution in [0.4, 0.5) is 18.9 Å². The molecule has 0 radical (unpaired) electrons. The van der Waals surface area contributed by atoms with Gasteiger partial charge in [0.2, 0.25) is 5.91 Å². The minimum Gasteiger partial charge on any atom is -0.325 e. The average Bonchev–Trinajstić information content (AvgIpc) is 3.05. The molecule has 1 aromatic carbocycles. The van der Waals surface area contributed by atoms with Crippen LogP contribution in [0.3, 0.4) is 0 Å². The van der Waals surface area contributed by atoms with Gasteiger partial charge < -0.3 is 5.32 Å². The lowest BCUT2D eigenvalue weighted by Crippen LogP contribution is -2.24. The van der Waals surface area contributed by atoms with Crippen LogP contribution in [-0.2, 0) is 11.0 Å². The van der Waals surface area contributed by atoms with Gasteiger partial charge in [0.1, 0.15) is 0 Å². The van der Waals surface area contributed by atoms with E-state index in [1.54, 1.807) is 6.92 Å². The van der Waals surface area contributed by atoms with Crippen molar-refractivity contribution in [3.05, 3.63) is 52.2 Å². The number of anilines is 1. The van der Waals surface area contributed by atoms with E-state index in [4.69, 9.17) is 11.6 Å². The van der Waals surface area contributed by atoms with Crippen molar-refractivity contribution in [3.8, 4) is 0 Å². The first-order chi connectivity index (χ1) is 14.0. The Bertz CT molecular complexity index is 1100. The number of para-hydroxylation sites is 1. The molecule has 2 aromatic heterocycles. The van der Waals surface area contributed by atoms with Gasteiger partial charge in [-0.3, -0.25) is 9.20 Å². The van der Waals surface area contributed by atoms with E-state index in [9.17, 15) is 18.0 Å².